The van der Waals surface area contributed by atoms with Crippen LogP contribution in [-0.4, -0.2) is 56.3 Å². The third kappa shape index (κ3) is 5.02. The number of carbonyl (C=O) groups excluding carboxylic acids is 2. The van der Waals surface area contributed by atoms with Gasteiger partial charge in [0.15, 0.2) is 0 Å². The smallest absolute Gasteiger partial charge is 0.281 e. The minimum absolute atomic E-state index is 0.00146. The number of aliphatic hydroxyl groups excluding tert-OH is 1. The van der Waals surface area contributed by atoms with Gasteiger partial charge >= 0.3 is 0 Å². The van der Waals surface area contributed by atoms with Gasteiger partial charge in [0.25, 0.3) is 5.91 Å². The first-order valence-corrected chi connectivity index (χ1v) is 13.5. The fourth-order valence-electron chi connectivity index (χ4n) is 5.83. The van der Waals surface area contributed by atoms with Crippen LogP contribution in [0.4, 0.5) is 4.39 Å². The molecule has 2 aliphatic heterocycles. The number of hydrogen-bond donors (Lipinski definition) is 2. The molecule has 204 valence electrons. The zero-order valence-corrected chi connectivity index (χ0v) is 22.8. The topological polar surface area (TPSA) is 94.0 Å². The standard InChI is InChI=1S/C29H28Cl2FN3O4/c1-17(37)34-11-3-2-4-26(34)25(16-36)19-12-23(18-5-7-20(30)8-6-18)27-24(13-19)28(38)35(39)29(27,32)14-22-10-9-21(31)15-33-22/h5-10,12-13,15,25-26,36,39H,2-4,11,14,16H2,1H3. The number of nitrogens with zero attached hydrogens (tertiary/aromatic N) is 3. The SMILES string of the molecule is CC(=O)N1CCCCC1C(CO)c1cc2c(c(-c3ccc(Cl)cc3)c1)C(F)(Cc1ccc(Cl)cn1)N(O)C2=O. The quantitative estimate of drug-likeness (QED) is 0.290. The van der Waals surface area contributed by atoms with Gasteiger partial charge in [-0.2, -0.15) is 5.06 Å². The van der Waals surface area contributed by atoms with E-state index < -0.39 is 24.0 Å². The summed E-state index contributed by atoms with van der Waals surface area (Å²) in [4.78, 5) is 31.7. The third-order valence-corrected chi connectivity index (χ3v) is 8.18. The number of fused-ring (bicyclic) bond motifs is 1. The van der Waals surface area contributed by atoms with Crippen molar-refractivity contribution in [2.75, 3.05) is 13.2 Å². The molecule has 7 nitrogen and oxygen atoms in total. The molecule has 0 saturated carbocycles. The van der Waals surface area contributed by atoms with Crippen LogP contribution >= 0.6 is 23.2 Å². The van der Waals surface area contributed by atoms with Gasteiger partial charge in [-0.25, -0.2) is 4.39 Å². The Bertz CT molecular complexity index is 1400. The van der Waals surface area contributed by atoms with Gasteiger partial charge in [0.2, 0.25) is 11.7 Å². The van der Waals surface area contributed by atoms with Gasteiger partial charge in [-0.15, -0.1) is 0 Å². The van der Waals surface area contributed by atoms with Crippen LogP contribution in [0.25, 0.3) is 11.1 Å². The molecule has 0 bridgehead atoms. The van der Waals surface area contributed by atoms with Gasteiger partial charge < -0.3 is 10.0 Å². The lowest BCUT2D eigenvalue weighted by molar-refractivity contribution is -0.185. The number of carbonyl (C=O) groups is 2. The highest BCUT2D eigenvalue weighted by Gasteiger charge is 2.53. The van der Waals surface area contributed by atoms with Gasteiger partial charge in [-0.1, -0.05) is 41.4 Å². The molecule has 2 amide bonds. The van der Waals surface area contributed by atoms with E-state index in [1.807, 2.05) is 0 Å². The first-order chi connectivity index (χ1) is 18.6. The summed E-state index contributed by atoms with van der Waals surface area (Å²) < 4.78 is 17.0. The number of aromatic nitrogens is 1. The molecular weight excluding hydrogens is 544 g/mol. The molecule has 3 heterocycles. The molecule has 10 heteroatoms. The number of hydrogen-bond acceptors (Lipinski definition) is 5. The van der Waals surface area contributed by atoms with E-state index in [2.05, 4.69) is 4.98 Å². The summed E-state index contributed by atoms with van der Waals surface area (Å²) in [5.74, 6) is -4.13. The van der Waals surface area contributed by atoms with Crippen LogP contribution in [0.1, 0.15) is 59.3 Å². The Hall–Kier alpha value is -3.04. The monoisotopic (exact) mass is 571 g/mol. The van der Waals surface area contributed by atoms with E-state index in [0.29, 0.717) is 45.4 Å². The summed E-state index contributed by atoms with van der Waals surface area (Å²) in [5.41, 5.74) is 1.82. The van der Waals surface area contributed by atoms with Crippen LogP contribution in [-0.2, 0) is 17.0 Å². The normalized spacial score (nSPS) is 21.7. The lowest BCUT2D eigenvalue weighted by Crippen LogP contribution is -2.46. The van der Waals surface area contributed by atoms with Crippen molar-refractivity contribution in [1.82, 2.24) is 14.9 Å². The Morgan fingerprint density at radius 1 is 1.13 bits per heavy atom. The van der Waals surface area contributed by atoms with E-state index in [9.17, 15) is 19.9 Å². The van der Waals surface area contributed by atoms with Crippen molar-refractivity contribution >= 4 is 35.0 Å². The Balaban J connectivity index is 1.69. The number of aliphatic hydroxyl groups is 1. The molecule has 3 aromatic rings. The maximum absolute atomic E-state index is 17.0. The van der Waals surface area contributed by atoms with E-state index in [-0.39, 0.29) is 34.7 Å². The van der Waals surface area contributed by atoms with E-state index in [4.69, 9.17) is 23.2 Å². The van der Waals surface area contributed by atoms with Gasteiger partial charge in [-0.3, -0.25) is 19.8 Å². The van der Waals surface area contributed by atoms with Crippen molar-refractivity contribution in [3.63, 3.8) is 0 Å². The molecule has 1 aromatic heterocycles. The van der Waals surface area contributed by atoms with E-state index in [0.717, 1.165) is 12.8 Å². The van der Waals surface area contributed by atoms with Crippen LogP contribution in [0.15, 0.2) is 54.7 Å². The fraction of sp³-hybridized carbons (Fsp3) is 0.345. The summed E-state index contributed by atoms with van der Waals surface area (Å²) in [6, 6.07) is 12.8. The summed E-state index contributed by atoms with van der Waals surface area (Å²) in [6.07, 6.45) is 3.41. The average molecular weight is 572 g/mol. The highest BCUT2D eigenvalue weighted by molar-refractivity contribution is 6.30. The second kappa shape index (κ2) is 10.8. The van der Waals surface area contributed by atoms with Crippen LogP contribution in [0.2, 0.25) is 10.0 Å². The highest BCUT2D eigenvalue weighted by Crippen LogP contribution is 2.48. The van der Waals surface area contributed by atoms with Gasteiger partial charge in [0.1, 0.15) is 0 Å². The molecule has 1 fully saturated rings. The van der Waals surface area contributed by atoms with Crippen LogP contribution in [0.5, 0.6) is 0 Å². The van der Waals surface area contributed by atoms with Crippen LogP contribution in [0, 0.1) is 0 Å². The summed E-state index contributed by atoms with van der Waals surface area (Å²) >= 11 is 12.1. The Morgan fingerprint density at radius 3 is 2.46 bits per heavy atom. The molecule has 0 radical (unpaired) electrons. The Kier molecular flexibility index (Phi) is 7.66. The fourth-order valence-corrected chi connectivity index (χ4v) is 6.07. The molecular formula is C29H28Cl2FN3O4. The number of likely N-dealkylation sites (tertiary alicyclic amines) is 1. The summed E-state index contributed by atoms with van der Waals surface area (Å²) in [7, 11) is 0. The molecule has 1 saturated heterocycles. The molecule has 39 heavy (non-hydrogen) atoms. The van der Waals surface area contributed by atoms with Gasteiger partial charge in [0.05, 0.1) is 17.2 Å². The minimum Gasteiger partial charge on any atom is -0.396 e. The molecule has 5 rings (SSSR count). The highest BCUT2D eigenvalue weighted by atomic mass is 35.5. The number of piperidine rings is 1. The lowest BCUT2D eigenvalue weighted by Gasteiger charge is -2.40. The third-order valence-electron chi connectivity index (χ3n) is 7.70. The average Bonchev–Trinajstić information content (AvgIpc) is 3.11. The van der Waals surface area contributed by atoms with E-state index in [1.54, 1.807) is 41.3 Å². The predicted octanol–water partition coefficient (Wildman–Crippen LogP) is 5.74. The van der Waals surface area contributed by atoms with Crippen molar-refractivity contribution in [3.8, 4) is 11.1 Å². The molecule has 2 aliphatic rings. The Labute approximate surface area is 235 Å². The predicted molar refractivity (Wildman–Crippen MR) is 145 cm³/mol. The molecule has 3 atom stereocenters. The second-order valence-electron chi connectivity index (χ2n) is 10.1. The van der Waals surface area contributed by atoms with Gasteiger partial charge in [0, 0.05) is 54.3 Å². The molecule has 3 unspecified atom stereocenters. The first kappa shape index (κ1) is 27.5. The maximum atomic E-state index is 17.0. The molecule has 2 aromatic carbocycles. The summed E-state index contributed by atoms with van der Waals surface area (Å²) in [6.45, 7) is 1.81. The molecule has 0 spiro atoms. The van der Waals surface area contributed by atoms with Crippen molar-refractivity contribution in [1.29, 1.82) is 0 Å². The minimum atomic E-state index is -2.62. The lowest BCUT2D eigenvalue weighted by atomic mass is 9.81. The van der Waals surface area contributed by atoms with Crippen LogP contribution < -0.4 is 0 Å². The number of rotatable bonds is 6. The second-order valence-corrected chi connectivity index (χ2v) is 11.0. The number of pyridine rings is 1. The maximum Gasteiger partial charge on any atom is 0.281 e. The zero-order valence-electron chi connectivity index (χ0n) is 21.3. The summed E-state index contributed by atoms with van der Waals surface area (Å²) in [5, 5.41) is 22.3. The van der Waals surface area contributed by atoms with E-state index in [1.165, 1.54) is 25.3 Å². The van der Waals surface area contributed by atoms with Crippen molar-refractivity contribution in [2.24, 2.45) is 0 Å². The number of amides is 2. The largest absolute Gasteiger partial charge is 0.396 e. The van der Waals surface area contributed by atoms with Crippen molar-refractivity contribution in [3.05, 3.63) is 87.2 Å². The number of alkyl halides is 1. The van der Waals surface area contributed by atoms with Crippen LogP contribution in [0.3, 0.4) is 0 Å². The number of benzene rings is 2. The first-order valence-electron chi connectivity index (χ1n) is 12.8. The zero-order chi connectivity index (χ0) is 27.9. The molecule has 0 aliphatic carbocycles. The molecule has 2 N–H and O–H groups in total. The van der Waals surface area contributed by atoms with Crippen molar-refractivity contribution < 1.29 is 24.3 Å². The number of halogens is 3. The van der Waals surface area contributed by atoms with E-state index >= 15 is 4.39 Å². The van der Waals surface area contributed by atoms with Crippen molar-refractivity contribution in [2.45, 2.75) is 50.4 Å². The number of hydroxylamine groups is 2. The van der Waals surface area contributed by atoms with Gasteiger partial charge in [-0.05, 0) is 66.3 Å². The Morgan fingerprint density at radius 2 is 1.82 bits per heavy atom.